The second kappa shape index (κ2) is 8.82. The zero-order valence-electron chi connectivity index (χ0n) is 17.9. The van der Waals surface area contributed by atoms with Crippen molar-refractivity contribution >= 4 is 11.6 Å². The van der Waals surface area contributed by atoms with Crippen LogP contribution in [0.2, 0.25) is 0 Å². The van der Waals surface area contributed by atoms with Crippen LogP contribution in [0.15, 0.2) is 18.3 Å². The normalized spacial score (nSPS) is 28.1. The molecule has 6 heteroatoms. The number of nitrogens with one attached hydrogen (secondary N) is 2. The van der Waals surface area contributed by atoms with Gasteiger partial charge in [-0.1, -0.05) is 19.3 Å². The Bertz CT molecular complexity index is 762. The minimum Gasteiger partial charge on any atom is -0.475 e. The molecule has 3 atom stereocenters. The van der Waals surface area contributed by atoms with Gasteiger partial charge in [-0.05, 0) is 56.4 Å². The number of fused-ring (bicyclic) bond motifs is 1. The molecule has 2 heterocycles. The molecule has 1 aromatic rings. The first-order chi connectivity index (χ1) is 14.0. The number of aryl methyl sites for hydroxylation is 2. The first-order valence-electron chi connectivity index (χ1n) is 11.2. The highest BCUT2D eigenvalue weighted by Crippen LogP contribution is 2.40. The van der Waals surface area contributed by atoms with Crippen LogP contribution in [0.25, 0.3) is 0 Å². The molecule has 1 aliphatic heterocycles. The van der Waals surface area contributed by atoms with E-state index in [-0.39, 0.29) is 12.0 Å². The summed E-state index contributed by atoms with van der Waals surface area (Å²) in [6.45, 7) is 5.63. The third kappa shape index (κ3) is 4.97. The summed E-state index contributed by atoms with van der Waals surface area (Å²) < 4.78 is 7.63. The van der Waals surface area contributed by atoms with E-state index in [1.807, 2.05) is 20.2 Å². The maximum absolute atomic E-state index is 8.19. The minimum absolute atomic E-state index is 0.160. The Balaban J connectivity index is 1.21. The van der Waals surface area contributed by atoms with Crippen LogP contribution < -0.4 is 0 Å². The number of likely N-dealkylation sites (tertiary alicyclic amines) is 1. The van der Waals surface area contributed by atoms with Gasteiger partial charge in [0.25, 0.3) is 0 Å². The van der Waals surface area contributed by atoms with Crippen LogP contribution in [-0.2, 0) is 11.8 Å². The SMILES string of the molecule is Cc1nn(C)cc1C(=N)/C=C\C(=N)OC1C[C@@H]2CN(CC3CCCCC3)C[C@@H]2C1. The molecule has 4 rings (SSSR count). The molecule has 0 bridgehead atoms. The van der Waals surface area contributed by atoms with Gasteiger partial charge in [0.1, 0.15) is 6.10 Å². The summed E-state index contributed by atoms with van der Waals surface area (Å²) in [5.41, 5.74) is 1.99. The second-order valence-electron chi connectivity index (χ2n) is 9.37. The van der Waals surface area contributed by atoms with Gasteiger partial charge in [-0.3, -0.25) is 10.1 Å². The molecular formula is C23H35N5O. The predicted molar refractivity (Wildman–Crippen MR) is 116 cm³/mol. The molecule has 2 aliphatic carbocycles. The summed E-state index contributed by atoms with van der Waals surface area (Å²) in [6, 6.07) is 0. The van der Waals surface area contributed by atoms with Crippen molar-refractivity contribution in [1.29, 1.82) is 10.8 Å². The molecule has 2 N–H and O–H groups in total. The van der Waals surface area contributed by atoms with Gasteiger partial charge in [0, 0.05) is 44.5 Å². The van der Waals surface area contributed by atoms with Crippen molar-refractivity contribution in [2.75, 3.05) is 19.6 Å². The van der Waals surface area contributed by atoms with Crippen LogP contribution in [-0.4, -0.2) is 52.0 Å². The van der Waals surface area contributed by atoms with Crippen LogP contribution in [0.4, 0.5) is 0 Å². The third-order valence-electron chi connectivity index (χ3n) is 7.02. The first-order valence-corrected chi connectivity index (χ1v) is 11.2. The number of allylic oxidation sites excluding steroid dienone is 1. The molecule has 2 saturated carbocycles. The van der Waals surface area contributed by atoms with Crippen molar-refractivity contribution in [1.82, 2.24) is 14.7 Å². The average molecular weight is 398 g/mol. The van der Waals surface area contributed by atoms with E-state index in [4.69, 9.17) is 15.6 Å². The molecule has 1 unspecified atom stereocenters. The van der Waals surface area contributed by atoms with Crippen molar-refractivity contribution < 1.29 is 4.74 Å². The number of hydrogen-bond donors (Lipinski definition) is 2. The number of ether oxygens (including phenoxy) is 1. The van der Waals surface area contributed by atoms with E-state index in [1.165, 1.54) is 51.7 Å². The fourth-order valence-corrected chi connectivity index (χ4v) is 5.65. The van der Waals surface area contributed by atoms with Gasteiger partial charge in [-0.15, -0.1) is 0 Å². The Morgan fingerprint density at radius 3 is 2.45 bits per heavy atom. The molecule has 3 fully saturated rings. The Hall–Kier alpha value is -1.95. The van der Waals surface area contributed by atoms with Gasteiger partial charge < -0.3 is 15.0 Å². The molecule has 29 heavy (non-hydrogen) atoms. The van der Waals surface area contributed by atoms with Gasteiger partial charge in [0.05, 0.1) is 11.4 Å². The fraction of sp³-hybridized carbons (Fsp3) is 0.696. The topological polar surface area (TPSA) is 78.0 Å². The number of rotatable bonds is 6. The van der Waals surface area contributed by atoms with Gasteiger partial charge in [0.15, 0.2) is 0 Å². The summed E-state index contributed by atoms with van der Waals surface area (Å²) in [6.07, 6.45) is 14.5. The van der Waals surface area contributed by atoms with Crippen molar-refractivity contribution in [3.05, 3.63) is 29.6 Å². The predicted octanol–water partition coefficient (Wildman–Crippen LogP) is 3.94. The third-order valence-corrected chi connectivity index (χ3v) is 7.02. The van der Waals surface area contributed by atoms with Crippen LogP contribution in [0.1, 0.15) is 56.2 Å². The summed E-state index contributed by atoms with van der Waals surface area (Å²) in [5.74, 6) is 2.56. The van der Waals surface area contributed by atoms with Crippen LogP contribution in [0, 0.1) is 35.5 Å². The molecule has 158 valence electrons. The lowest BCUT2D eigenvalue weighted by molar-refractivity contribution is 0.165. The lowest BCUT2D eigenvalue weighted by Gasteiger charge is -2.27. The van der Waals surface area contributed by atoms with E-state index in [0.717, 1.165) is 41.9 Å². The molecule has 0 spiro atoms. The zero-order valence-corrected chi connectivity index (χ0v) is 17.9. The Kier molecular flexibility index (Phi) is 6.18. The average Bonchev–Trinajstić information content (AvgIpc) is 3.33. The van der Waals surface area contributed by atoms with E-state index >= 15 is 0 Å². The Morgan fingerprint density at radius 2 is 1.83 bits per heavy atom. The molecule has 0 amide bonds. The van der Waals surface area contributed by atoms with Gasteiger partial charge in [-0.25, -0.2) is 0 Å². The van der Waals surface area contributed by atoms with Crippen LogP contribution in [0.3, 0.4) is 0 Å². The highest BCUT2D eigenvalue weighted by Gasteiger charge is 2.42. The molecule has 1 aromatic heterocycles. The van der Waals surface area contributed by atoms with Crippen molar-refractivity contribution in [2.24, 2.45) is 24.8 Å². The van der Waals surface area contributed by atoms with Crippen molar-refractivity contribution in [3.8, 4) is 0 Å². The Labute approximate surface area is 174 Å². The Morgan fingerprint density at radius 1 is 1.14 bits per heavy atom. The second-order valence-corrected chi connectivity index (χ2v) is 9.37. The highest BCUT2D eigenvalue weighted by atomic mass is 16.5. The maximum atomic E-state index is 8.19. The van der Waals surface area contributed by atoms with Crippen LogP contribution in [0.5, 0.6) is 0 Å². The first kappa shape index (κ1) is 20.3. The summed E-state index contributed by atoms with van der Waals surface area (Å²) in [5, 5.41) is 20.6. The lowest BCUT2D eigenvalue weighted by atomic mass is 9.89. The van der Waals surface area contributed by atoms with Crippen molar-refractivity contribution in [2.45, 2.75) is 58.0 Å². The van der Waals surface area contributed by atoms with Gasteiger partial charge in [0.2, 0.25) is 5.90 Å². The molecular weight excluding hydrogens is 362 g/mol. The maximum Gasteiger partial charge on any atom is 0.206 e. The highest BCUT2D eigenvalue weighted by molar-refractivity contribution is 6.09. The van der Waals surface area contributed by atoms with Gasteiger partial charge >= 0.3 is 0 Å². The monoisotopic (exact) mass is 397 g/mol. The lowest BCUT2D eigenvalue weighted by Crippen LogP contribution is -2.30. The number of hydrogen-bond acceptors (Lipinski definition) is 5. The molecule has 1 saturated heterocycles. The standard InChI is InChI=1S/C23H35N5O/c1-16-21(15-27(2)26-16)22(24)8-9-23(25)29-20-10-18-13-28(14-19(18)11-20)12-17-6-4-3-5-7-17/h8-9,15,17-20,24-25H,3-7,10-14H2,1-2H3/b9-8-,24-22?,25-23?/t18-,19+,20?. The molecule has 6 nitrogen and oxygen atoms in total. The van der Waals surface area contributed by atoms with E-state index in [9.17, 15) is 0 Å². The van der Waals surface area contributed by atoms with E-state index in [2.05, 4.69) is 10.00 Å². The van der Waals surface area contributed by atoms with E-state index < -0.39 is 0 Å². The smallest absolute Gasteiger partial charge is 0.206 e. The summed E-state index contributed by atoms with van der Waals surface area (Å²) >= 11 is 0. The molecule has 0 radical (unpaired) electrons. The number of aromatic nitrogens is 2. The van der Waals surface area contributed by atoms with Crippen LogP contribution >= 0.6 is 0 Å². The molecule has 0 aromatic carbocycles. The van der Waals surface area contributed by atoms with Gasteiger partial charge in [-0.2, -0.15) is 5.10 Å². The molecule has 3 aliphatic rings. The van der Waals surface area contributed by atoms with E-state index in [0.29, 0.717) is 5.71 Å². The quantitative estimate of drug-likeness (QED) is 0.564. The zero-order chi connectivity index (χ0) is 20.4. The minimum atomic E-state index is 0.160. The van der Waals surface area contributed by atoms with Crippen molar-refractivity contribution in [3.63, 3.8) is 0 Å². The van der Waals surface area contributed by atoms with E-state index in [1.54, 1.807) is 16.8 Å². The summed E-state index contributed by atoms with van der Waals surface area (Å²) in [7, 11) is 1.85. The number of nitrogens with zero attached hydrogens (tertiary/aromatic N) is 3. The fourth-order valence-electron chi connectivity index (χ4n) is 5.65. The summed E-state index contributed by atoms with van der Waals surface area (Å²) in [4.78, 5) is 2.70. The largest absolute Gasteiger partial charge is 0.475 e.